The van der Waals surface area contributed by atoms with E-state index < -0.39 is 0 Å². The molecule has 82 valence electrons. The molecule has 4 heteroatoms. The third kappa shape index (κ3) is 1.38. The lowest BCUT2D eigenvalue weighted by atomic mass is 10.2. The number of pyridine rings is 1. The number of fused-ring (bicyclic) bond motifs is 1. The first-order valence-electron chi connectivity index (χ1n) is 5.57. The number of nitrogens with zero attached hydrogens (tertiary/aromatic N) is 3. The van der Waals surface area contributed by atoms with Gasteiger partial charge in [-0.1, -0.05) is 0 Å². The predicted molar refractivity (Wildman–Crippen MR) is 60.3 cm³/mol. The summed E-state index contributed by atoms with van der Waals surface area (Å²) in [7, 11) is 0. The molecule has 0 saturated carbocycles. The lowest BCUT2D eigenvalue weighted by Gasteiger charge is -2.15. The Balaban J connectivity index is 2.04. The quantitative estimate of drug-likeness (QED) is 0.724. The van der Waals surface area contributed by atoms with Gasteiger partial charge in [-0.05, 0) is 25.0 Å². The molecular weight excluding hydrogens is 202 g/mol. The smallest absolute Gasteiger partial charge is 0.257 e. The van der Waals surface area contributed by atoms with Gasteiger partial charge in [0.2, 0.25) is 0 Å². The minimum atomic E-state index is 0.106. The Hall–Kier alpha value is -1.84. The van der Waals surface area contributed by atoms with Crippen molar-refractivity contribution in [3.8, 4) is 0 Å². The summed E-state index contributed by atoms with van der Waals surface area (Å²) in [4.78, 5) is 18.4. The van der Waals surface area contributed by atoms with E-state index in [9.17, 15) is 4.79 Å². The van der Waals surface area contributed by atoms with E-state index >= 15 is 0 Å². The van der Waals surface area contributed by atoms with Crippen LogP contribution in [0.4, 0.5) is 0 Å². The van der Waals surface area contributed by atoms with Crippen LogP contribution in [0.5, 0.6) is 0 Å². The summed E-state index contributed by atoms with van der Waals surface area (Å²) >= 11 is 0. The second-order valence-electron chi connectivity index (χ2n) is 4.08. The summed E-state index contributed by atoms with van der Waals surface area (Å²) < 4.78 is 1.88. The Morgan fingerprint density at radius 2 is 2.06 bits per heavy atom. The number of carbonyl (C=O) groups is 1. The summed E-state index contributed by atoms with van der Waals surface area (Å²) in [6.45, 7) is 1.75. The Morgan fingerprint density at radius 1 is 1.25 bits per heavy atom. The van der Waals surface area contributed by atoms with Crippen LogP contribution in [0.3, 0.4) is 0 Å². The van der Waals surface area contributed by atoms with Gasteiger partial charge >= 0.3 is 0 Å². The molecule has 0 N–H and O–H groups in total. The largest absolute Gasteiger partial charge is 0.339 e. The van der Waals surface area contributed by atoms with Crippen molar-refractivity contribution in [2.75, 3.05) is 13.1 Å². The van der Waals surface area contributed by atoms with E-state index in [-0.39, 0.29) is 5.91 Å². The average Bonchev–Trinajstić information content (AvgIpc) is 2.98. The van der Waals surface area contributed by atoms with Crippen molar-refractivity contribution in [3.63, 3.8) is 0 Å². The number of amides is 1. The maximum absolute atomic E-state index is 12.2. The van der Waals surface area contributed by atoms with Crippen LogP contribution in [0.2, 0.25) is 0 Å². The average molecular weight is 215 g/mol. The van der Waals surface area contributed by atoms with Gasteiger partial charge in [-0.15, -0.1) is 0 Å². The van der Waals surface area contributed by atoms with Crippen LogP contribution in [0, 0.1) is 0 Å². The molecule has 2 aromatic rings. The van der Waals surface area contributed by atoms with E-state index in [2.05, 4.69) is 4.98 Å². The van der Waals surface area contributed by atoms with E-state index in [1.165, 1.54) is 0 Å². The molecule has 1 saturated heterocycles. The van der Waals surface area contributed by atoms with Gasteiger partial charge in [-0.3, -0.25) is 4.79 Å². The molecule has 0 unspecified atom stereocenters. The Bertz CT molecular complexity index is 526. The third-order valence-corrected chi connectivity index (χ3v) is 3.04. The number of likely N-dealkylation sites (tertiary alicyclic amines) is 1. The molecular formula is C12H13N3O. The molecule has 1 aliphatic rings. The Morgan fingerprint density at radius 3 is 2.88 bits per heavy atom. The molecule has 0 atom stereocenters. The zero-order valence-electron chi connectivity index (χ0n) is 8.97. The van der Waals surface area contributed by atoms with Crippen molar-refractivity contribution in [3.05, 3.63) is 36.3 Å². The molecule has 3 rings (SSSR count). The first-order valence-corrected chi connectivity index (χ1v) is 5.57. The summed E-state index contributed by atoms with van der Waals surface area (Å²) in [5.74, 6) is 0.106. The van der Waals surface area contributed by atoms with Gasteiger partial charge in [-0.2, -0.15) is 0 Å². The van der Waals surface area contributed by atoms with Crippen molar-refractivity contribution in [2.45, 2.75) is 12.8 Å². The topological polar surface area (TPSA) is 37.6 Å². The van der Waals surface area contributed by atoms with Crippen LogP contribution in [-0.4, -0.2) is 33.3 Å². The van der Waals surface area contributed by atoms with Gasteiger partial charge in [0.25, 0.3) is 5.91 Å². The number of carbonyl (C=O) groups excluding carboxylic acids is 1. The highest BCUT2D eigenvalue weighted by atomic mass is 16.2. The highest BCUT2D eigenvalue weighted by Gasteiger charge is 2.21. The third-order valence-electron chi connectivity index (χ3n) is 3.04. The fourth-order valence-corrected chi connectivity index (χ4v) is 2.21. The number of aromatic nitrogens is 2. The van der Waals surface area contributed by atoms with E-state index in [1.54, 1.807) is 6.20 Å². The van der Waals surface area contributed by atoms with Crippen LogP contribution < -0.4 is 0 Å². The fraction of sp³-hybridized carbons (Fsp3) is 0.333. The number of hydrogen-bond donors (Lipinski definition) is 0. The fourth-order valence-electron chi connectivity index (χ4n) is 2.21. The van der Waals surface area contributed by atoms with Crippen LogP contribution >= 0.6 is 0 Å². The second kappa shape index (κ2) is 3.63. The standard InChI is InChI=1S/C12H13N3O/c16-12(15-6-1-2-7-15)10-4-3-8-14-9-5-13-11(10)14/h3-5,8-9H,1-2,6-7H2. The van der Waals surface area contributed by atoms with Crippen molar-refractivity contribution < 1.29 is 4.79 Å². The van der Waals surface area contributed by atoms with Crippen LogP contribution in [0.1, 0.15) is 23.2 Å². The Kier molecular flexibility index (Phi) is 2.13. The van der Waals surface area contributed by atoms with Crippen molar-refractivity contribution >= 4 is 11.6 Å². The first kappa shape index (κ1) is 9.39. The summed E-state index contributed by atoms with van der Waals surface area (Å²) in [6, 6.07) is 3.74. The van der Waals surface area contributed by atoms with E-state index in [0.29, 0.717) is 5.56 Å². The molecule has 0 radical (unpaired) electrons. The van der Waals surface area contributed by atoms with Crippen LogP contribution in [-0.2, 0) is 0 Å². The molecule has 0 spiro atoms. The predicted octanol–water partition coefficient (Wildman–Crippen LogP) is 1.57. The molecule has 1 fully saturated rings. The summed E-state index contributed by atoms with van der Waals surface area (Å²) in [5, 5.41) is 0. The maximum Gasteiger partial charge on any atom is 0.257 e. The molecule has 4 nitrogen and oxygen atoms in total. The van der Waals surface area contributed by atoms with Gasteiger partial charge in [0.05, 0.1) is 5.56 Å². The van der Waals surface area contributed by atoms with Gasteiger partial charge in [0, 0.05) is 31.7 Å². The van der Waals surface area contributed by atoms with Gasteiger partial charge in [0.1, 0.15) is 5.65 Å². The van der Waals surface area contributed by atoms with Crippen LogP contribution in [0.15, 0.2) is 30.7 Å². The minimum Gasteiger partial charge on any atom is -0.339 e. The minimum absolute atomic E-state index is 0.106. The van der Waals surface area contributed by atoms with Gasteiger partial charge in [-0.25, -0.2) is 4.98 Å². The second-order valence-corrected chi connectivity index (χ2v) is 4.08. The van der Waals surface area contributed by atoms with Crippen molar-refractivity contribution in [1.82, 2.24) is 14.3 Å². The number of imidazole rings is 1. The molecule has 0 aromatic carbocycles. The molecule has 0 bridgehead atoms. The molecule has 1 amide bonds. The Labute approximate surface area is 93.5 Å². The van der Waals surface area contributed by atoms with E-state index in [1.807, 2.05) is 33.8 Å². The van der Waals surface area contributed by atoms with Crippen LogP contribution in [0.25, 0.3) is 5.65 Å². The zero-order chi connectivity index (χ0) is 11.0. The van der Waals surface area contributed by atoms with Gasteiger partial charge in [0.15, 0.2) is 0 Å². The summed E-state index contributed by atoms with van der Waals surface area (Å²) in [5.41, 5.74) is 1.45. The normalized spacial score (nSPS) is 15.9. The zero-order valence-corrected chi connectivity index (χ0v) is 8.97. The van der Waals surface area contributed by atoms with E-state index in [0.717, 1.165) is 31.6 Å². The molecule has 0 aliphatic carbocycles. The molecule has 3 heterocycles. The molecule has 16 heavy (non-hydrogen) atoms. The highest BCUT2D eigenvalue weighted by molar-refractivity contribution is 5.99. The number of hydrogen-bond acceptors (Lipinski definition) is 2. The van der Waals surface area contributed by atoms with E-state index in [4.69, 9.17) is 0 Å². The SMILES string of the molecule is O=C(c1cccn2ccnc12)N1CCCC1. The first-order chi connectivity index (χ1) is 7.86. The van der Waals surface area contributed by atoms with Gasteiger partial charge < -0.3 is 9.30 Å². The monoisotopic (exact) mass is 215 g/mol. The summed E-state index contributed by atoms with van der Waals surface area (Å²) in [6.07, 6.45) is 7.71. The van der Waals surface area contributed by atoms with Crippen molar-refractivity contribution in [2.24, 2.45) is 0 Å². The van der Waals surface area contributed by atoms with Crippen molar-refractivity contribution in [1.29, 1.82) is 0 Å². The molecule has 2 aromatic heterocycles. The lowest BCUT2D eigenvalue weighted by molar-refractivity contribution is 0.0794. The maximum atomic E-state index is 12.2. The highest BCUT2D eigenvalue weighted by Crippen LogP contribution is 2.15. The number of rotatable bonds is 1. The lowest BCUT2D eigenvalue weighted by Crippen LogP contribution is -2.28. The molecule has 1 aliphatic heterocycles.